The average molecular weight is 434 g/mol. The number of ketones is 1. The molecule has 0 saturated carbocycles. The topological polar surface area (TPSA) is 120 Å². The van der Waals surface area contributed by atoms with E-state index in [-0.39, 0.29) is 23.4 Å². The van der Waals surface area contributed by atoms with E-state index in [0.717, 1.165) is 10.9 Å². The molecular weight excluding hydrogens is 412 g/mol. The number of non-ortho nitro benzene ring substituents is 1. The van der Waals surface area contributed by atoms with Crippen LogP contribution in [0, 0.1) is 10.1 Å². The fourth-order valence-electron chi connectivity index (χ4n) is 3.98. The van der Waals surface area contributed by atoms with Crippen LogP contribution in [-0.4, -0.2) is 63.7 Å². The molecule has 1 unspecified atom stereocenters. The molecule has 32 heavy (non-hydrogen) atoms. The summed E-state index contributed by atoms with van der Waals surface area (Å²) in [6, 6.07) is 12.0. The van der Waals surface area contributed by atoms with E-state index < -0.39 is 28.4 Å². The standard InChI is InChI=1S/C23H22N4O5/c1-25(2)10-11-26-20(17-13-24-18-9-4-3-8-16(17)18)19(22(29)23(26)30)21(28)14-6-5-7-15(12-14)27(31)32/h3-9,12-13,20,24,28H,10-11H2,1-2H3/b21-19+. The maximum atomic E-state index is 13.1. The second-order valence-electron chi connectivity index (χ2n) is 7.89. The zero-order valence-electron chi connectivity index (χ0n) is 17.6. The van der Waals surface area contributed by atoms with Gasteiger partial charge in [-0.1, -0.05) is 30.3 Å². The Bertz CT molecular complexity index is 1260. The lowest BCUT2D eigenvalue weighted by Gasteiger charge is -2.26. The molecule has 2 aromatic carbocycles. The van der Waals surface area contributed by atoms with Gasteiger partial charge in [0.15, 0.2) is 0 Å². The number of nitrogens with one attached hydrogen (secondary N) is 1. The molecule has 1 aliphatic heterocycles. The van der Waals surface area contributed by atoms with Crippen molar-refractivity contribution in [2.45, 2.75) is 6.04 Å². The minimum Gasteiger partial charge on any atom is -0.507 e. The normalized spacial score (nSPS) is 18.1. The second-order valence-corrected chi connectivity index (χ2v) is 7.89. The third-order valence-corrected chi connectivity index (χ3v) is 5.57. The summed E-state index contributed by atoms with van der Waals surface area (Å²) in [5.74, 6) is -1.97. The van der Waals surface area contributed by atoms with Gasteiger partial charge in [0.25, 0.3) is 17.4 Å². The molecule has 4 rings (SSSR count). The number of nitro benzene ring substituents is 1. The molecule has 1 saturated heterocycles. The maximum Gasteiger partial charge on any atom is 0.295 e. The van der Waals surface area contributed by atoms with Gasteiger partial charge in [-0.25, -0.2) is 0 Å². The monoisotopic (exact) mass is 434 g/mol. The van der Waals surface area contributed by atoms with Crippen molar-refractivity contribution in [1.29, 1.82) is 0 Å². The molecule has 1 aromatic heterocycles. The van der Waals surface area contributed by atoms with Gasteiger partial charge in [-0.15, -0.1) is 0 Å². The van der Waals surface area contributed by atoms with Gasteiger partial charge in [0.2, 0.25) is 0 Å². The van der Waals surface area contributed by atoms with Gasteiger partial charge in [0, 0.05) is 53.4 Å². The number of para-hydroxylation sites is 1. The molecule has 0 aliphatic carbocycles. The first-order valence-corrected chi connectivity index (χ1v) is 10.0. The Labute approximate surface area is 183 Å². The summed E-state index contributed by atoms with van der Waals surface area (Å²) in [7, 11) is 3.72. The minimum atomic E-state index is -0.828. The summed E-state index contributed by atoms with van der Waals surface area (Å²) in [5.41, 5.74) is 1.30. The van der Waals surface area contributed by atoms with Crippen molar-refractivity contribution < 1.29 is 19.6 Å². The lowest BCUT2D eigenvalue weighted by atomic mass is 9.95. The molecule has 1 aliphatic rings. The fraction of sp³-hybridized carbons (Fsp3) is 0.217. The molecule has 0 bridgehead atoms. The number of nitro groups is 1. The van der Waals surface area contributed by atoms with E-state index >= 15 is 0 Å². The second kappa shape index (κ2) is 8.27. The lowest BCUT2D eigenvalue weighted by molar-refractivity contribution is -0.384. The van der Waals surface area contributed by atoms with Crippen molar-refractivity contribution in [3.63, 3.8) is 0 Å². The average Bonchev–Trinajstić information content (AvgIpc) is 3.30. The smallest absolute Gasteiger partial charge is 0.295 e. The summed E-state index contributed by atoms with van der Waals surface area (Å²) in [6.45, 7) is 0.788. The predicted molar refractivity (Wildman–Crippen MR) is 119 cm³/mol. The van der Waals surface area contributed by atoms with E-state index in [4.69, 9.17) is 0 Å². The zero-order chi connectivity index (χ0) is 23.0. The number of likely N-dealkylation sites (N-methyl/N-ethyl adjacent to an activating group) is 1. The van der Waals surface area contributed by atoms with Crippen molar-refractivity contribution in [3.8, 4) is 0 Å². The molecule has 9 nitrogen and oxygen atoms in total. The van der Waals surface area contributed by atoms with Crippen LogP contribution in [0.4, 0.5) is 5.69 Å². The largest absolute Gasteiger partial charge is 0.507 e. The number of hydrogen-bond donors (Lipinski definition) is 2. The van der Waals surface area contributed by atoms with Crippen molar-refractivity contribution in [3.05, 3.63) is 81.5 Å². The third-order valence-electron chi connectivity index (χ3n) is 5.57. The maximum absolute atomic E-state index is 13.1. The van der Waals surface area contributed by atoms with Crippen molar-refractivity contribution in [2.75, 3.05) is 27.2 Å². The van der Waals surface area contributed by atoms with Gasteiger partial charge in [-0.3, -0.25) is 19.7 Å². The number of fused-ring (bicyclic) bond motifs is 1. The molecule has 1 amide bonds. The van der Waals surface area contributed by atoms with E-state index in [9.17, 15) is 24.8 Å². The van der Waals surface area contributed by atoms with E-state index in [1.54, 1.807) is 6.20 Å². The molecule has 0 radical (unpaired) electrons. The van der Waals surface area contributed by atoms with Crippen molar-refractivity contribution in [2.24, 2.45) is 0 Å². The molecule has 164 valence electrons. The first kappa shape index (κ1) is 21.3. The summed E-state index contributed by atoms with van der Waals surface area (Å²) >= 11 is 0. The fourth-order valence-corrected chi connectivity index (χ4v) is 3.98. The molecule has 1 atom stereocenters. The van der Waals surface area contributed by atoms with Gasteiger partial charge in [-0.2, -0.15) is 0 Å². The zero-order valence-corrected chi connectivity index (χ0v) is 17.6. The van der Waals surface area contributed by atoms with E-state index in [1.165, 1.54) is 29.2 Å². The molecular formula is C23H22N4O5. The van der Waals surface area contributed by atoms with Gasteiger partial charge in [-0.05, 0) is 20.2 Å². The first-order valence-electron chi connectivity index (χ1n) is 10.0. The van der Waals surface area contributed by atoms with Crippen molar-refractivity contribution >= 4 is 34.0 Å². The number of aromatic nitrogens is 1. The molecule has 3 aromatic rings. The highest BCUT2D eigenvalue weighted by atomic mass is 16.6. The lowest BCUT2D eigenvalue weighted by Crippen LogP contribution is -2.35. The number of rotatable bonds is 6. The first-order chi connectivity index (χ1) is 15.3. The SMILES string of the molecule is CN(C)CCN1C(=O)C(=O)/C(=C(/O)c2cccc([N+](=O)[O-])c2)C1c1c[nH]c2ccccc12. The Morgan fingerprint density at radius 1 is 1.19 bits per heavy atom. The van der Waals surface area contributed by atoms with Crippen LogP contribution in [0.2, 0.25) is 0 Å². The number of benzene rings is 2. The number of Topliss-reactive ketones (excluding diaryl/α,β-unsaturated/α-hetero) is 1. The Morgan fingerprint density at radius 3 is 2.66 bits per heavy atom. The number of aromatic amines is 1. The molecule has 0 spiro atoms. The molecule has 2 heterocycles. The minimum absolute atomic E-state index is 0.0843. The van der Waals surface area contributed by atoms with Gasteiger partial charge in [0.1, 0.15) is 5.76 Å². The summed E-state index contributed by atoms with van der Waals surface area (Å²) < 4.78 is 0. The van der Waals surface area contributed by atoms with Crippen LogP contribution >= 0.6 is 0 Å². The Kier molecular flexibility index (Phi) is 5.50. The highest BCUT2D eigenvalue weighted by Gasteiger charge is 2.46. The van der Waals surface area contributed by atoms with E-state index in [1.807, 2.05) is 43.3 Å². The third kappa shape index (κ3) is 3.63. The van der Waals surface area contributed by atoms with Crippen molar-refractivity contribution in [1.82, 2.24) is 14.8 Å². The van der Waals surface area contributed by atoms with Crippen LogP contribution in [0.15, 0.2) is 60.3 Å². The molecule has 9 heteroatoms. The van der Waals surface area contributed by atoms with Crippen LogP contribution in [0.25, 0.3) is 16.7 Å². The van der Waals surface area contributed by atoms with Crippen LogP contribution in [0.3, 0.4) is 0 Å². The summed E-state index contributed by atoms with van der Waals surface area (Å²) in [5, 5.41) is 23.1. The van der Waals surface area contributed by atoms with E-state index in [2.05, 4.69) is 4.98 Å². The van der Waals surface area contributed by atoms with Gasteiger partial charge < -0.3 is 19.9 Å². The highest BCUT2D eigenvalue weighted by molar-refractivity contribution is 6.46. The van der Waals surface area contributed by atoms with Gasteiger partial charge >= 0.3 is 0 Å². The van der Waals surface area contributed by atoms with E-state index in [0.29, 0.717) is 12.1 Å². The number of aliphatic hydroxyl groups is 1. The number of likely N-dealkylation sites (tertiary alicyclic amines) is 1. The van der Waals surface area contributed by atoms with Crippen LogP contribution < -0.4 is 0 Å². The quantitative estimate of drug-likeness (QED) is 0.202. The number of aliphatic hydroxyl groups excluding tert-OH is 1. The Balaban J connectivity index is 1.91. The Morgan fingerprint density at radius 2 is 1.94 bits per heavy atom. The van der Waals surface area contributed by atoms with Crippen LogP contribution in [0.1, 0.15) is 17.2 Å². The summed E-state index contributed by atoms with van der Waals surface area (Å²) in [4.78, 5) is 43.1. The number of hydrogen-bond acceptors (Lipinski definition) is 6. The predicted octanol–water partition coefficient (Wildman–Crippen LogP) is 3.06. The molecule has 1 fully saturated rings. The number of carbonyl (C=O) groups is 2. The van der Waals surface area contributed by atoms with Crippen LogP contribution in [0.5, 0.6) is 0 Å². The number of H-pyrrole nitrogens is 1. The number of nitrogens with zero attached hydrogens (tertiary/aromatic N) is 3. The van der Waals surface area contributed by atoms with Crippen LogP contribution in [-0.2, 0) is 9.59 Å². The summed E-state index contributed by atoms with van der Waals surface area (Å²) in [6.07, 6.45) is 1.73. The highest BCUT2D eigenvalue weighted by Crippen LogP contribution is 2.42. The van der Waals surface area contributed by atoms with Gasteiger partial charge in [0.05, 0.1) is 16.5 Å². The number of carbonyl (C=O) groups excluding carboxylic acids is 2. The number of amides is 1. The molecule has 2 N–H and O–H groups in total. The Hall–Kier alpha value is -3.98.